The van der Waals surface area contributed by atoms with E-state index in [1.165, 1.54) is 6.92 Å². The fourth-order valence-electron chi connectivity index (χ4n) is 0.544. The molecule has 0 aromatic carbocycles. The van der Waals surface area contributed by atoms with Crippen molar-refractivity contribution in [2.45, 2.75) is 46.8 Å². The first-order valence-electron chi connectivity index (χ1n) is 3.95. The maximum atomic E-state index is 7.32. The zero-order valence-corrected chi connectivity index (χ0v) is 8.96. The van der Waals surface area contributed by atoms with Crippen molar-refractivity contribution in [2.75, 3.05) is 7.11 Å². The van der Waals surface area contributed by atoms with Gasteiger partial charge in [-0.15, -0.1) is 0 Å². The Morgan fingerprint density at radius 1 is 1.08 bits per heavy atom. The molecule has 0 bridgehead atoms. The maximum absolute atomic E-state index is 7.32. The van der Waals surface area contributed by atoms with Crippen LogP contribution < -0.4 is 0 Å². The van der Waals surface area contributed by atoms with Gasteiger partial charge in [-0.3, -0.25) is 0 Å². The van der Waals surface area contributed by atoms with Gasteiger partial charge in [-0.05, 0) is 27.7 Å². The lowest BCUT2D eigenvalue weighted by Crippen LogP contribution is -2.09. The number of nitriles is 1. The molecule has 0 aromatic heterocycles. The van der Waals surface area contributed by atoms with Crippen LogP contribution in [-0.2, 0) is 4.74 Å². The topological polar surface area (TPSA) is 53.2 Å². The molecule has 0 saturated carbocycles. The van der Waals surface area contributed by atoms with E-state index in [9.17, 15) is 0 Å². The number of nitrogens with zero attached hydrogens (tertiary/aromatic N) is 1. The fraction of sp³-hybridized carbons (Fsp3) is 0.889. The molecule has 3 nitrogen and oxygen atoms in total. The van der Waals surface area contributed by atoms with Crippen LogP contribution >= 0.6 is 0 Å². The predicted molar refractivity (Wildman–Crippen MR) is 50.8 cm³/mol. The third-order valence-corrected chi connectivity index (χ3v) is 0.544. The Balaban J connectivity index is -0.000000137. The van der Waals surface area contributed by atoms with E-state index in [0.29, 0.717) is 12.2 Å². The first kappa shape index (κ1) is 17.5. The highest BCUT2D eigenvalue weighted by Crippen LogP contribution is 1.93. The van der Waals surface area contributed by atoms with Crippen molar-refractivity contribution in [2.24, 2.45) is 0 Å². The minimum Gasteiger partial charge on any atom is -0.400 e. The standard InChI is InChI=1S/C6H14O.C2H3N.CH4O/c1-5(2)7-6(3)4;1-2-3;1-2/h5-6H,1-4H3;1H3;2H,1H3. The third kappa shape index (κ3) is 57.2. The summed E-state index contributed by atoms with van der Waals surface area (Å²) in [5, 5.41) is 14.3. The second-order valence-electron chi connectivity index (χ2n) is 2.46. The van der Waals surface area contributed by atoms with Gasteiger partial charge in [-0.2, -0.15) is 5.26 Å². The molecule has 0 fully saturated rings. The van der Waals surface area contributed by atoms with Crippen LogP contribution in [0.15, 0.2) is 0 Å². The van der Waals surface area contributed by atoms with Gasteiger partial charge in [-0.1, -0.05) is 0 Å². The normalized spacial score (nSPS) is 7.67. The van der Waals surface area contributed by atoms with Gasteiger partial charge in [0.25, 0.3) is 0 Å². The summed E-state index contributed by atoms with van der Waals surface area (Å²) in [4.78, 5) is 0. The van der Waals surface area contributed by atoms with E-state index in [0.717, 1.165) is 7.11 Å². The largest absolute Gasteiger partial charge is 0.400 e. The Morgan fingerprint density at radius 2 is 1.25 bits per heavy atom. The van der Waals surface area contributed by atoms with Gasteiger partial charge in [-0.25, -0.2) is 0 Å². The van der Waals surface area contributed by atoms with Crippen LogP contribution in [0.4, 0.5) is 0 Å². The summed E-state index contributed by atoms with van der Waals surface area (Å²) in [5.41, 5.74) is 0. The number of hydrogen-bond donors (Lipinski definition) is 1. The van der Waals surface area contributed by atoms with E-state index in [4.69, 9.17) is 15.1 Å². The van der Waals surface area contributed by atoms with Crippen molar-refractivity contribution in [3.63, 3.8) is 0 Å². The van der Waals surface area contributed by atoms with E-state index >= 15 is 0 Å². The van der Waals surface area contributed by atoms with E-state index in [2.05, 4.69) is 0 Å². The van der Waals surface area contributed by atoms with Crippen LogP contribution in [0, 0.1) is 11.3 Å². The summed E-state index contributed by atoms with van der Waals surface area (Å²) in [5.74, 6) is 0. The zero-order chi connectivity index (χ0) is 10.6. The van der Waals surface area contributed by atoms with Gasteiger partial charge >= 0.3 is 0 Å². The number of aliphatic hydroxyl groups excluding tert-OH is 1. The molecule has 0 spiro atoms. The summed E-state index contributed by atoms with van der Waals surface area (Å²) in [6.45, 7) is 9.60. The summed E-state index contributed by atoms with van der Waals surface area (Å²) < 4.78 is 5.25. The monoisotopic (exact) mass is 175 g/mol. The molecule has 3 heteroatoms. The number of ether oxygens (including phenoxy) is 1. The number of aliphatic hydroxyl groups is 1. The Bertz CT molecular complexity index is 89.2. The minimum atomic E-state index is 0.375. The van der Waals surface area contributed by atoms with E-state index in [-0.39, 0.29) is 0 Å². The predicted octanol–water partition coefficient (Wildman–Crippen LogP) is 1.96. The number of hydrogen-bond acceptors (Lipinski definition) is 3. The van der Waals surface area contributed by atoms with Gasteiger partial charge in [0.2, 0.25) is 0 Å². The molecule has 0 radical (unpaired) electrons. The smallest absolute Gasteiger partial charge is 0.0587 e. The number of rotatable bonds is 2. The molecule has 0 heterocycles. The van der Waals surface area contributed by atoms with Crippen molar-refractivity contribution >= 4 is 0 Å². The molecule has 0 saturated heterocycles. The van der Waals surface area contributed by atoms with Gasteiger partial charge in [0, 0.05) is 14.0 Å². The molecule has 0 atom stereocenters. The highest BCUT2D eigenvalue weighted by molar-refractivity contribution is 4.51. The average Bonchev–Trinajstić information content (AvgIpc) is 1.90. The van der Waals surface area contributed by atoms with Gasteiger partial charge in [0.05, 0.1) is 18.3 Å². The van der Waals surface area contributed by atoms with Crippen LogP contribution in [0.1, 0.15) is 34.6 Å². The summed E-state index contributed by atoms with van der Waals surface area (Å²) in [7, 11) is 1.00. The van der Waals surface area contributed by atoms with Crippen molar-refractivity contribution < 1.29 is 9.84 Å². The van der Waals surface area contributed by atoms with Gasteiger partial charge in [0.1, 0.15) is 0 Å². The Labute approximate surface area is 76.0 Å². The van der Waals surface area contributed by atoms with Crippen LogP contribution in [0.2, 0.25) is 0 Å². The van der Waals surface area contributed by atoms with Crippen LogP contribution in [-0.4, -0.2) is 24.4 Å². The van der Waals surface area contributed by atoms with E-state index in [1.807, 2.05) is 27.7 Å². The van der Waals surface area contributed by atoms with Crippen LogP contribution in [0.25, 0.3) is 0 Å². The van der Waals surface area contributed by atoms with Crippen molar-refractivity contribution in [1.29, 1.82) is 5.26 Å². The van der Waals surface area contributed by atoms with Crippen LogP contribution in [0.5, 0.6) is 0 Å². The average molecular weight is 175 g/mol. The first-order chi connectivity index (χ1) is 5.54. The molecule has 0 aliphatic rings. The van der Waals surface area contributed by atoms with Crippen molar-refractivity contribution in [1.82, 2.24) is 0 Å². The Morgan fingerprint density at radius 3 is 1.25 bits per heavy atom. The molecule has 0 aliphatic carbocycles. The Hall–Kier alpha value is -0.590. The van der Waals surface area contributed by atoms with Gasteiger partial charge < -0.3 is 9.84 Å². The molecule has 0 aliphatic heterocycles. The van der Waals surface area contributed by atoms with Crippen LogP contribution in [0.3, 0.4) is 0 Å². The second kappa shape index (κ2) is 16.8. The lowest BCUT2D eigenvalue weighted by atomic mass is 10.4. The molecule has 12 heavy (non-hydrogen) atoms. The second-order valence-corrected chi connectivity index (χ2v) is 2.46. The lowest BCUT2D eigenvalue weighted by Gasteiger charge is -2.09. The molecule has 1 N–H and O–H groups in total. The van der Waals surface area contributed by atoms with Gasteiger partial charge in [0.15, 0.2) is 0 Å². The molecule has 0 aromatic rings. The fourth-order valence-corrected chi connectivity index (χ4v) is 0.544. The lowest BCUT2D eigenvalue weighted by molar-refractivity contribution is 0.0300. The molecule has 0 rings (SSSR count). The summed E-state index contributed by atoms with van der Waals surface area (Å²) in [6, 6.07) is 1.75. The maximum Gasteiger partial charge on any atom is 0.0587 e. The first-order valence-corrected chi connectivity index (χ1v) is 3.95. The molecular formula is C9H21NO2. The SMILES string of the molecule is CC#N.CC(C)OC(C)C.CO. The minimum absolute atomic E-state index is 0.375. The quantitative estimate of drug-likeness (QED) is 0.698. The zero-order valence-electron chi connectivity index (χ0n) is 8.96. The summed E-state index contributed by atoms with van der Waals surface area (Å²) in [6.07, 6.45) is 0.750. The van der Waals surface area contributed by atoms with E-state index in [1.54, 1.807) is 6.07 Å². The molecule has 0 unspecified atom stereocenters. The third-order valence-electron chi connectivity index (χ3n) is 0.544. The highest BCUT2D eigenvalue weighted by Gasteiger charge is 1.94. The van der Waals surface area contributed by atoms with Crippen molar-refractivity contribution in [3.8, 4) is 6.07 Å². The molecular weight excluding hydrogens is 154 g/mol. The highest BCUT2D eigenvalue weighted by atomic mass is 16.5. The van der Waals surface area contributed by atoms with E-state index < -0.39 is 0 Å². The molecule has 74 valence electrons. The molecule has 0 amide bonds. The Kier molecular flexibility index (Phi) is 24.5. The summed E-state index contributed by atoms with van der Waals surface area (Å²) >= 11 is 0. The van der Waals surface area contributed by atoms with Crippen molar-refractivity contribution in [3.05, 3.63) is 0 Å².